The number of rotatable bonds is 5. The molecule has 1 aliphatic carbocycles. The Morgan fingerprint density at radius 1 is 1.28 bits per heavy atom. The minimum absolute atomic E-state index is 0.00414. The van der Waals surface area contributed by atoms with E-state index in [4.69, 9.17) is 5.73 Å². The molecule has 18 heavy (non-hydrogen) atoms. The van der Waals surface area contributed by atoms with Crippen molar-refractivity contribution >= 4 is 15.9 Å². The van der Waals surface area contributed by atoms with Crippen molar-refractivity contribution in [3.8, 4) is 0 Å². The number of carbonyl (C=O) groups excluding carboxylic acids is 1. The maximum absolute atomic E-state index is 12.0. The van der Waals surface area contributed by atoms with Crippen LogP contribution in [-0.2, 0) is 27.7 Å². The summed E-state index contributed by atoms with van der Waals surface area (Å²) in [6.07, 6.45) is 3.03. The first-order valence-corrected chi connectivity index (χ1v) is 7.37. The van der Waals surface area contributed by atoms with Gasteiger partial charge in [-0.05, 0) is 42.5 Å². The second-order valence-electron chi connectivity index (χ2n) is 4.40. The largest absolute Gasteiger partial charge is 0.370 e. The molecular weight excluding hydrogens is 252 g/mol. The fraction of sp³-hybridized carbons (Fsp3) is 0.417. The van der Waals surface area contributed by atoms with E-state index in [1.165, 1.54) is 5.56 Å². The highest BCUT2D eigenvalue weighted by atomic mass is 32.2. The highest BCUT2D eigenvalue weighted by Gasteiger charge is 2.18. The first-order valence-electron chi connectivity index (χ1n) is 5.89. The molecule has 1 amide bonds. The summed E-state index contributed by atoms with van der Waals surface area (Å²) >= 11 is 0. The Hall–Kier alpha value is -1.40. The van der Waals surface area contributed by atoms with Crippen LogP contribution in [0.2, 0.25) is 0 Å². The van der Waals surface area contributed by atoms with E-state index >= 15 is 0 Å². The molecule has 0 heterocycles. The summed E-state index contributed by atoms with van der Waals surface area (Å²) in [6, 6.07) is 5.19. The summed E-state index contributed by atoms with van der Waals surface area (Å²) in [4.78, 5) is 10.8. The molecule has 0 aliphatic heterocycles. The molecule has 0 unspecified atom stereocenters. The lowest BCUT2D eigenvalue weighted by Gasteiger charge is -2.07. The molecule has 0 aromatic heterocycles. The van der Waals surface area contributed by atoms with Crippen LogP contribution in [0.4, 0.5) is 0 Å². The minimum atomic E-state index is -3.54. The third-order valence-corrected chi connectivity index (χ3v) is 4.50. The zero-order valence-corrected chi connectivity index (χ0v) is 10.8. The molecule has 6 heteroatoms. The fourth-order valence-electron chi connectivity index (χ4n) is 2.11. The molecule has 3 N–H and O–H groups in total. The number of hydrogen-bond donors (Lipinski definition) is 2. The van der Waals surface area contributed by atoms with E-state index in [9.17, 15) is 13.2 Å². The van der Waals surface area contributed by atoms with E-state index in [2.05, 4.69) is 4.72 Å². The number of nitrogens with one attached hydrogen (secondary N) is 1. The topological polar surface area (TPSA) is 89.3 Å². The second kappa shape index (κ2) is 5.07. The molecule has 1 aromatic carbocycles. The van der Waals surface area contributed by atoms with E-state index in [0.717, 1.165) is 24.8 Å². The molecule has 5 nitrogen and oxygen atoms in total. The van der Waals surface area contributed by atoms with E-state index in [-0.39, 0.29) is 17.9 Å². The van der Waals surface area contributed by atoms with E-state index < -0.39 is 15.9 Å². The van der Waals surface area contributed by atoms with Crippen molar-refractivity contribution in [2.75, 3.05) is 6.54 Å². The number of carbonyl (C=O) groups is 1. The highest BCUT2D eigenvalue weighted by molar-refractivity contribution is 7.89. The van der Waals surface area contributed by atoms with E-state index in [0.29, 0.717) is 0 Å². The summed E-state index contributed by atoms with van der Waals surface area (Å²) in [5, 5.41) is 0. The molecule has 0 radical (unpaired) electrons. The molecule has 0 saturated heterocycles. The molecule has 1 aromatic rings. The first-order chi connectivity index (χ1) is 8.49. The van der Waals surface area contributed by atoms with Gasteiger partial charge in [0, 0.05) is 13.0 Å². The normalized spacial score (nSPS) is 14.4. The van der Waals surface area contributed by atoms with Crippen molar-refractivity contribution < 1.29 is 13.2 Å². The van der Waals surface area contributed by atoms with Crippen LogP contribution in [0.3, 0.4) is 0 Å². The number of primary amides is 1. The van der Waals surface area contributed by atoms with Gasteiger partial charge in [0.25, 0.3) is 0 Å². The molecule has 0 spiro atoms. The Balaban J connectivity index is 2.12. The van der Waals surface area contributed by atoms with Gasteiger partial charge >= 0.3 is 0 Å². The van der Waals surface area contributed by atoms with Crippen molar-refractivity contribution in [2.24, 2.45) is 5.73 Å². The lowest BCUT2D eigenvalue weighted by molar-refractivity contribution is -0.117. The molecule has 2 rings (SSSR count). The van der Waals surface area contributed by atoms with Gasteiger partial charge in [-0.2, -0.15) is 0 Å². The lowest BCUT2D eigenvalue weighted by Crippen LogP contribution is -2.28. The summed E-state index contributed by atoms with van der Waals surface area (Å²) in [5.41, 5.74) is 7.29. The second-order valence-corrected chi connectivity index (χ2v) is 6.17. The fourth-order valence-corrected chi connectivity index (χ4v) is 3.19. The van der Waals surface area contributed by atoms with Crippen LogP contribution in [0.5, 0.6) is 0 Å². The Labute approximate surface area is 106 Å². The van der Waals surface area contributed by atoms with Gasteiger partial charge in [-0.25, -0.2) is 13.1 Å². The van der Waals surface area contributed by atoms with Gasteiger partial charge in [-0.1, -0.05) is 6.07 Å². The average molecular weight is 268 g/mol. The Bertz CT molecular complexity index is 567. The lowest BCUT2D eigenvalue weighted by atomic mass is 10.1. The van der Waals surface area contributed by atoms with Crippen LogP contribution < -0.4 is 10.5 Å². The van der Waals surface area contributed by atoms with Crippen molar-refractivity contribution in [2.45, 2.75) is 30.6 Å². The molecule has 1 aliphatic rings. The van der Waals surface area contributed by atoms with E-state index in [1.807, 2.05) is 6.07 Å². The van der Waals surface area contributed by atoms with Crippen LogP contribution >= 0.6 is 0 Å². The number of hydrogen-bond acceptors (Lipinski definition) is 3. The van der Waals surface area contributed by atoms with Gasteiger partial charge in [0.15, 0.2) is 0 Å². The van der Waals surface area contributed by atoms with E-state index in [1.54, 1.807) is 12.1 Å². The van der Waals surface area contributed by atoms with Gasteiger partial charge in [0.2, 0.25) is 15.9 Å². The van der Waals surface area contributed by atoms with Crippen molar-refractivity contribution in [1.82, 2.24) is 4.72 Å². The number of fused-ring (bicyclic) bond motifs is 1. The smallest absolute Gasteiger partial charge is 0.240 e. The van der Waals surface area contributed by atoms with Crippen molar-refractivity contribution in [3.63, 3.8) is 0 Å². The van der Waals surface area contributed by atoms with Crippen LogP contribution in [0, 0.1) is 0 Å². The Morgan fingerprint density at radius 3 is 2.72 bits per heavy atom. The number of benzene rings is 1. The molecular formula is C12H16N2O3S. The maximum Gasteiger partial charge on any atom is 0.240 e. The first kappa shape index (κ1) is 13.0. The number of nitrogens with two attached hydrogens (primary N) is 1. The van der Waals surface area contributed by atoms with Gasteiger partial charge < -0.3 is 5.73 Å². The van der Waals surface area contributed by atoms with Crippen LogP contribution in [0.25, 0.3) is 0 Å². The third-order valence-electron chi connectivity index (χ3n) is 3.04. The monoisotopic (exact) mass is 268 g/mol. The van der Waals surface area contributed by atoms with Crippen molar-refractivity contribution in [1.29, 1.82) is 0 Å². The SMILES string of the molecule is NC(=O)CCNS(=O)(=O)c1ccc2c(c1)CCC2. The number of aryl methyl sites for hydroxylation is 2. The van der Waals surface area contributed by atoms with Gasteiger partial charge in [0.05, 0.1) is 4.90 Å². The predicted octanol–water partition coefficient (Wildman–Crippen LogP) is 0.329. The quantitative estimate of drug-likeness (QED) is 0.806. The van der Waals surface area contributed by atoms with Crippen LogP contribution in [0.15, 0.2) is 23.1 Å². The summed E-state index contributed by atoms with van der Waals surface area (Å²) in [6.45, 7) is 0.0365. The summed E-state index contributed by atoms with van der Waals surface area (Å²) in [5.74, 6) is -0.522. The van der Waals surface area contributed by atoms with Gasteiger partial charge in [-0.3, -0.25) is 4.79 Å². The average Bonchev–Trinajstić information content (AvgIpc) is 2.74. The summed E-state index contributed by atoms with van der Waals surface area (Å²) in [7, 11) is -3.54. The molecule has 0 bridgehead atoms. The minimum Gasteiger partial charge on any atom is -0.370 e. The zero-order chi connectivity index (χ0) is 13.2. The standard InChI is InChI=1S/C12H16N2O3S/c13-12(15)6-7-14-18(16,17)11-5-4-9-2-1-3-10(9)8-11/h4-5,8,14H,1-3,6-7H2,(H2,13,15). The molecule has 0 atom stereocenters. The molecule has 0 fully saturated rings. The third kappa shape index (κ3) is 2.88. The Kier molecular flexibility index (Phi) is 3.68. The zero-order valence-electron chi connectivity index (χ0n) is 9.98. The predicted molar refractivity (Wildman–Crippen MR) is 67.5 cm³/mol. The highest BCUT2D eigenvalue weighted by Crippen LogP contribution is 2.24. The van der Waals surface area contributed by atoms with Gasteiger partial charge in [-0.15, -0.1) is 0 Å². The number of amides is 1. The number of sulfonamides is 1. The maximum atomic E-state index is 12.0. The molecule has 0 saturated carbocycles. The van der Waals surface area contributed by atoms with Gasteiger partial charge in [0.1, 0.15) is 0 Å². The summed E-state index contributed by atoms with van der Waals surface area (Å²) < 4.78 is 26.3. The van der Waals surface area contributed by atoms with Crippen molar-refractivity contribution in [3.05, 3.63) is 29.3 Å². The van der Waals surface area contributed by atoms with Crippen LogP contribution in [0.1, 0.15) is 24.0 Å². The molecule has 98 valence electrons. The van der Waals surface area contributed by atoms with Crippen LogP contribution in [-0.4, -0.2) is 20.9 Å². The Morgan fingerprint density at radius 2 is 2.00 bits per heavy atom.